The smallest absolute Gasteiger partial charge is 0.413 e. The van der Waals surface area contributed by atoms with Crippen LogP contribution in [0, 0.1) is 12.8 Å². The molecule has 0 spiro atoms. The first-order chi connectivity index (χ1) is 12.7. The van der Waals surface area contributed by atoms with Crippen molar-refractivity contribution in [2.75, 3.05) is 11.5 Å². The van der Waals surface area contributed by atoms with Crippen LogP contribution < -0.4 is 9.64 Å². The van der Waals surface area contributed by atoms with E-state index in [0.29, 0.717) is 36.2 Å². The third-order valence-electron chi connectivity index (χ3n) is 4.58. The molecule has 148 valence electrons. The average molecular weight is 394 g/mol. The van der Waals surface area contributed by atoms with Crippen LogP contribution in [0.1, 0.15) is 45.4 Å². The van der Waals surface area contributed by atoms with E-state index in [1.165, 1.54) is 4.90 Å². The lowest BCUT2D eigenvalue weighted by atomic mass is 9.88. The Labute approximate surface area is 165 Å². The largest absolute Gasteiger partial charge is 0.493 e. The molecule has 2 rings (SSSR count). The molecule has 27 heavy (non-hydrogen) atoms. The number of aromatic nitrogens is 2. The standard InChI is InChI=1S/C20H28ClN3O3/c1-6-20(5,24(19(25)26)18-9-14(4)22-23-18)11-15-10-16(21)7-8-17(15)27-12-13(2)3/h7-10,13H,6,11-12H2,1-5H3,(H,22,23)(H,25,26). The van der Waals surface area contributed by atoms with E-state index >= 15 is 0 Å². The lowest BCUT2D eigenvalue weighted by Crippen LogP contribution is -2.51. The average Bonchev–Trinajstić information content (AvgIpc) is 2.99. The van der Waals surface area contributed by atoms with Crippen LogP contribution in [0.3, 0.4) is 0 Å². The Morgan fingerprint density at radius 2 is 2.11 bits per heavy atom. The molecule has 0 bridgehead atoms. The normalized spacial score (nSPS) is 13.4. The Balaban J connectivity index is 2.41. The highest BCUT2D eigenvalue weighted by Gasteiger charge is 2.37. The van der Waals surface area contributed by atoms with Crippen molar-refractivity contribution in [3.8, 4) is 5.75 Å². The van der Waals surface area contributed by atoms with E-state index in [1.807, 2.05) is 32.9 Å². The van der Waals surface area contributed by atoms with Gasteiger partial charge in [-0.15, -0.1) is 0 Å². The molecular weight excluding hydrogens is 366 g/mol. The Kier molecular flexibility index (Phi) is 6.76. The van der Waals surface area contributed by atoms with Crippen LogP contribution in [0.15, 0.2) is 24.3 Å². The Morgan fingerprint density at radius 1 is 1.41 bits per heavy atom. The predicted molar refractivity (Wildman–Crippen MR) is 108 cm³/mol. The third-order valence-corrected chi connectivity index (χ3v) is 4.82. The molecule has 0 aliphatic rings. The van der Waals surface area contributed by atoms with Crippen LogP contribution in [0.5, 0.6) is 5.75 Å². The number of carboxylic acid groups (broad SMARTS) is 1. The Hall–Kier alpha value is -2.21. The first kappa shape index (κ1) is 21.1. The minimum atomic E-state index is -1.04. The number of rotatable bonds is 8. The summed E-state index contributed by atoms with van der Waals surface area (Å²) in [6.07, 6.45) is 0.00866. The molecule has 7 heteroatoms. The van der Waals surface area contributed by atoms with Gasteiger partial charge in [-0.2, -0.15) is 5.10 Å². The summed E-state index contributed by atoms with van der Waals surface area (Å²) in [5.74, 6) is 1.50. The maximum absolute atomic E-state index is 12.1. The van der Waals surface area contributed by atoms with Gasteiger partial charge in [-0.1, -0.05) is 32.4 Å². The number of carbonyl (C=O) groups is 1. The lowest BCUT2D eigenvalue weighted by Gasteiger charge is -2.38. The van der Waals surface area contributed by atoms with Gasteiger partial charge in [-0.25, -0.2) is 4.79 Å². The molecule has 0 fully saturated rings. The summed E-state index contributed by atoms with van der Waals surface area (Å²) in [4.78, 5) is 13.4. The second kappa shape index (κ2) is 8.65. The number of halogens is 1. The maximum Gasteiger partial charge on any atom is 0.413 e. The summed E-state index contributed by atoms with van der Waals surface area (Å²) in [7, 11) is 0. The van der Waals surface area contributed by atoms with Gasteiger partial charge in [0, 0.05) is 16.8 Å². The SMILES string of the molecule is CCC(C)(Cc1cc(Cl)ccc1OCC(C)C)N(C(=O)O)c1cc(C)[nH]n1. The van der Waals surface area contributed by atoms with Crippen LogP contribution in [0.2, 0.25) is 5.02 Å². The van der Waals surface area contributed by atoms with Crippen molar-refractivity contribution in [1.82, 2.24) is 10.2 Å². The molecule has 1 unspecified atom stereocenters. The number of benzene rings is 1. The third kappa shape index (κ3) is 5.16. The van der Waals surface area contributed by atoms with Crippen molar-refractivity contribution >= 4 is 23.5 Å². The van der Waals surface area contributed by atoms with Crippen LogP contribution >= 0.6 is 11.6 Å². The van der Waals surface area contributed by atoms with Crippen molar-refractivity contribution in [1.29, 1.82) is 0 Å². The minimum absolute atomic E-state index is 0.383. The van der Waals surface area contributed by atoms with E-state index in [0.717, 1.165) is 17.0 Å². The number of hydrogen-bond donors (Lipinski definition) is 2. The summed E-state index contributed by atoms with van der Waals surface area (Å²) >= 11 is 6.21. The molecular formula is C20H28ClN3O3. The van der Waals surface area contributed by atoms with Crippen molar-refractivity contribution in [3.63, 3.8) is 0 Å². The van der Waals surface area contributed by atoms with Crippen molar-refractivity contribution in [3.05, 3.63) is 40.5 Å². The van der Waals surface area contributed by atoms with Crippen molar-refractivity contribution in [2.24, 2.45) is 5.92 Å². The van der Waals surface area contributed by atoms with Gasteiger partial charge in [-0.05, 0) is 56.4 Å². The summed E-state index contributed by atoms with van der Waals surface area (Å²) in [5, 5.41) is 17.5. The number of aromatic amines is 1. The zero-order valence-corrected chi connectivity index (χ0v) is 17.3. The van der Waals surface area contributed by atoms with E-state index in [-0.39, 0.29) is 0 Å². The highest BCUT2D eigenvalue weighted by atomic mass is 35.5. The minimum Gasteiger partial charge on any atom is -0.493 e. The van der Waals surface area contributed by atoms with Gasteiger partial charge in [0.15, 0.2) is 5.82 Å². The molecule has 0 aliphatic heterocycles. The van der Waals surface area contributed by atoms with Crippen LogP contribution in [-0.2, 0) is 6.42 Å². The molecule has 1 atom stereocenters. The number of H-pyrrole nitrogens is 1. The Bertz CT molecular complexity index is 791. The number of nitrogens with one attached hydrogen (secondary N) is 1. The molecule has 0 aliphatic carbocycles. The molecule has 0 saturated heterocycles. The summed E-state index contributed by atoms with van der Waals surface area (Å²) in [5.41, 5.74) is 0.970. The van der Waals surface area contributed by atoms with Gasteiger partial charge in [0.05, 0.1) is 12.1 Å². The molecule has 1 aromatic heterocycles. The first-order valence-electron chi connectivity index (χ1n) is 9.12. The Morgan fingerprint density at radius 3 is 2.63 bits per heavy atom. The highest BCUT2D eigenvalue weighted by Crippen LogP contribution is 2.34. The van der Waals surface area contributed by atoms with E-state index in [2.05, 4.69) is 24.0 Å². The fourth-order valence-electron chi connectivity index (χ4n) is 2.98. The number of amides is 1. The number of anilines is 1. The van der Waals surface area contributed by atoms with E-state index < -0.39 is 11.6 Å². The van der Waals surface area contributed by atoms with Gasteiger partial charge in [0.1, 0.15) is 5.75 Å². The quantitative estimate of drug-likeness (QED) is 0.637. The molecule has 0 saturated carbocycles. The first-order valence-corrected chi connectivity index (χ1v) is 9.50. The monoisotopic (exact) mass is 393 g/mol. The van der Waals surface area contributed by atoms with E-state index in [1.54, 1.807) is 12.1 Å². The second-order valence-corrected chi connectivity index (χ2v) is 7.95. The molecule has 0 radical (unpaired) electrons. The number of ether oxygens (including phenoxy) is 1. The zero-order chi connectivity index (χ0) is 20.2. The van der Waals surface area contributed by atoms with Crippen LogP contribution in [0.25, 0.3) is 0 Å². The number of aryl methyl sites for hydroxylation is 1. The molecule has 1 amide bonds. The molecule has 6 nitrogen and oxygen atoms in total. The molecule has 1 heterocycles. The van der Waals surface area contributed by atoms with Gasteiger partial charge in [-0.3, -0.25) is 10.00 Å². The van der Waals surface area contributed by atoms with Gasteiger partial charge >= 0.3 is 6.09 Å². The summed E-state index contributed by atoms with van der Waals surface area (Å²) in [6.45, 7) is 10.5. The molecule has 2 N–H and O–H groups in total. The van der Waals surface area contributed by atoms with E-state index in [4.69, 9.17) is 16.3 Å². The zero-order valence-electron chi connectivity index (χ0n) is 16.5. The highest BCUT2D eigenvalue weighted by molar-refractivity contribution is 6.30. The van der Waals surface area contributed by atoms with E-state index in [9.17, 15) is 9.90 Å². The predicted octanol–water partition coefficient (Wildman–Crippen LogP) is 5.30. The van der Waals surface area contributed by atoms with Crippen LogP contribution in [0.4, 0.5) is 10.6 Å². The molecule has 2 aromatic rings. The van der Waals surface area contributed by atoms with Gasteiger partial charge in [0.2, 0.25) is 0 Å². The molecule has 1 aromatic carbocycles. The van der Waals surface area contributed by atoms with Crippen molar-refractivity contribution < 1.29 is 14.6 Å². The second-order valence-electron chi connectivity index (χ2n) is 7.51. The summed E-state index contributed by atoms with van der Waals surface area (Å²) in [6, 6.07) is 7.22. The van der Waals surface area contributed by atoms with Gasteiger partial charge in [0.25, 0.3) is 0 Å². The number of nitrogens with zero attached hydrogens (tertiary/aromatic N) is 2. The van der Waals surface area contributed by atoms with Crippen molar-refractivity contribution in [2.45, 2.75) is 53.0 Å². The maximum atomic E-state index is 12.1. The van der Waals surface area contributed by atoms with Gasteiger partial charge < -0.3 is 9.84 Å². The fraction of sp³-hybridized carbons (Fsp3) is 0.500. The summed E-state index contributed by atoms with van der Waals surface area (Å²) < 4.78 is 5.95. The lowest BCUT2D eigenvalue weighted by molar-refractivity contribution is 0.191. The fourth-order valence-corrected chi connectivity index (χ4v) is 3.17. The topological polar surface area (TPSA) is 78.5 Å². The van der Waals surface area contributed by atoms with Crippen LogP contribution in [-0.4, -0.2) is 33.5 Å². The number of hydrogen-bond acceptors (Lipinski definition) is 3.